The van der Waals surface area contributed by atoms with E-state index < -0.39 is 0 Å². The van der Waals surface area contributed by atoms with Crippen molar-refractivity contribution in [2.24, 2.45) is 0 Å². The number of nitrogens with zero attached hydrogens (tertiary/aromatic N) is 3. The fourth-order valence-electron chi connectivity index (χ4n) is 3.48. The van der Waals surface area contributed by atoms with Gasteiger partial charge in [-0.3, -0.25) is 4.90 Å². The van der Waals surface area contributed by atoms with Crippen LogP contribution in [0.25, 0.3) is 11.5 Å². The molecule has 1 aromatic heterocycles. The van der Waals surface area contributed by atoms with Gasteiger partial charge in [0, 0.05) is 6.04 Å². The van der Waals surface area contributed by atoms with E-state index in [1.54, 1.807) is 7.11 Å². The molecule has 0 radical (unpaired) electrons. The third-order valence-corrected chi connectivity index (χ3v) is 5.08. The van der Waals surface area contributed by atoms with Crippen molar-refractivity contribution >= 4 is 11.6 Å². The third kappa shape index (κ3) is 3.45. The van der Waals surface area contributed by atoms with Gasteiger partial charge < -0.3 is 9.15 Å². The van der Waals surface area contributed by atoms with Gasteiger partial charge in [0.15, 0.2) is 0 Å². The molecule has 1 aliphatic heterocycles. The first-order valence-electron chi connectivity index (χ1n) is 8.70. The molecule has 2 heterocycles. The van der Waals surface area contributed by atoms with Gasteiger partial charge >= 0.3 is 0 Å². The zero-order valence-corrected chi connectivity index (χ0v) is 15.3. The second-order valence-corrected chi connectivity index (χ2v) is 6.79. The van der Waals surface area contributed by atoms with Gasteiger partial charge in [0.2, 0.25) is 11.8 Å². The summed E-state index contributed by atoms with van der Waals surface area (Å²) < 4.78 is 11.2. The standard InChI is InChI=1S/C20H20ClN3O2/c1-25-15-7-4-6-14(12-15)18-10-5-11-24(18)13-19-22-23-20(26-19)16-8-2-3-9-17(16)21/h2-4,6-9,12,18H,5,10-11,13H2,1H3. The highest BCUT2D eigenvalue weighted by molar-refractivity contribution is 6.33. The van der Waals surface area contributed by atoms with E-state index in [1.807, 2.05) is 36.4 Å². The Morgan fingerprint density at radius 2 is 2.08 bits per heavy atom. The Bertz CT molecular complexity index is 896. The summed E-state index contributed by atoms with van der Waals surface area (Å²) in [5.41, 5.74) is 2.02. The molecule has 0 amide bonds. The van der Waals surface area contributed by atoms with Crippen molar-refractivity contribution in [2.75, 3.05) is 13.7 Å². The van der Waals surface area contributed by atoms with Gasteiger partial charge in [-0.15, -0.1) is 10.2 Å². The Balaban J connectivity index is 1.52. The monoisotopic (exact) mass is 369 g/mol. The molecule has 1 aliphatic rings. The minimum absolute atomic E-state index is 0.334. The van der Waals surface area contributed by atoms with E-state index in [9.17, 15) is 0 Å². The molecule has 1 fully saturated rings. The van der Waals surface area contributed by atoms with E-state index in [4.69, 9.17) is 20.8 Å². The lowest BCUT2D eigenvalue weighted by molar-refractivity contribution is 0.224. The highest BCUT2D eigenvalue weighted by atomic mass is 35.5. The smallest absolute Gasteiger partial charge is 0.249 e. The average Bonchev–Trinajstić information content (AvgIpc) is 3.32. The van der Waals surface area contributed by atoms with Gasteiger partial charge in [0.1, 0.15) is 5.75 Å². The molecule has 5 nitrogen and oxygen atoms in total. The molecule has 2 aromatic carbocycles. The van der Waals surface area contributed by atoms with Crippen LogP contribution in [0, 0.1) is 0 Å². The second kappa shape index (κ2) is 7.48. The summed E-state index contributed by atoms with van der Waals surface area (Å²) >= 11 is 6.22. The molecule has 0 N–H and O–H groups in total. The van der Waals surface area contributed by atoms with Crippen LogP contribution in [0.5, 0.6) is 5.75 Å². The van der Waals surface area contributed by atoms with Crippen molar-refractivity contribution in [1.29, 1.82) is 0 Å². The number of halogens is 1. The van der Waals surface area contributed by atoms with Crippen LogP contribution >= 0.6 is 11.6 Å². The van der Waals surface area contributed by atoms with Crippen LogP contribution in [0.2, 0.25) is 5.02 Å². The predicted molar refractivity (Wildman–Crippen MR) is 100 cm³/mol. The third-order valence-electron chi connectivity index (χ3n) is 4.75. The topological polar surface area (TPSA) is 51.4 Å². The van der Waals surface area contributed by atoms with Crippen molar-refractivity contribution in [3.05, 3.63) is 65.0 Å². The summed E-state index contributed by atoms with van der Waals surface area (Å²) in [4.78, 5) is 2.37. The Morgan fingerprint density at radius 1 is 1.19 bits per heavy atom. The van der Waals surface area contributed by atoms with E-state index in [0.29, 0.717) is 29.4 Å². The number of benzene rings is 2. The summed E-state index contributed by atoms with van der Waals surface area (Å²) in [7, 11) is 1.69. The van der Waals surface area contributed by atoms with Crippen LogP contribution in [-0.4, -0.2) is 28.8 Å². The predicted octanol–water partition coefficient (Wildman–Crippen LogP) is 4.74. The molecule has 26 heavy (non-hydrogen) atoms. The lowest BCUT2D eigenvalue weighted by Crippen LogP contribution is -2.23. The van der Waals surface area contributed by atoms with Gasteiger partial charge in [-0.25, -0.2) is 0 Å². The molecular formula is C20H20ClN3O2. The van der Waals surface area contributed by atoms with Gasteiger partial charge in [0.25, 0.3) is 0 Å². The minimum atomic E-state index is 0.334. The minimum Gasteiger partial charge on any atom is -0.497 e. The van der Waals surface area contributed by atoms with Crippen molar-refractivity contribution in [1.82, 2.24) is 15.1 Å². The summed E-state index contributed by atoms with van der Waals surface area (Å²) in [6, 6.07) is 16.1. The molecule has 1 unspecified atom stereocenters. The van der Waals surface area contributed by atoms with Gasteiger partial charge in [-0.05, 0) is 49.2 Å². The van der Waals surface area contributed by atoms with Gasteiger partial charge in [0.05, 0.1) is 24.2 Å². The zero-order chi connectivity index (χ0) is 17.9. The fraction of sp³-hybridized carbons (Fsp3) is 0.300. The highest BCUT2D eigenvalue weighted by Gasteiger charge is 2.28. The van der Waals surface area contributed by atoms with Crippen molar-refractivity contribution in [3.8, 4) is 17.2 Å². The first-order chi connectivity index (χ1) is 12.7. The maximum Gasteiger partial charge on any atom is 0.249 e. The number of ether oxygens (including phenoxy) is 1. The van der Waals surface area contributed by atoms with Crippen LogP contribution < -0.4 is 4.74 Å². The molecule has 1 atom stereocenters. The molecule has 0 aliphatic carbocycles. The van der Waals surface area contributed by atoms with Gasteiger partial charge in [-0.1, -0.05) is 35.9 Å². The number of aromatic nitrogens is 2. The largest absolute Gasteiger partial charge is 0.497 e. The quantitative estimate of drug-likeness (QED) is 0.650. The molecule has 0 spiro atoms. The maximum absolute atomic E-state index is 6.22. The summed E-state index contributed by atoms with van der Waals surface area (Å²) in [5.74, 6) is 1.95. The summed E-state index contributed by atoms with van der Waals surface area (Å²) in [5, 5.41) is 8.99. The maximum atomic E-state index is 6.22. The molecule has 1 saturated heterocycles. The number of hydrogen-bond donors (Lipinski definition) is 0. The summed E-state index contributed by atoms with van der Waals surface area (Å²) in [6.07, 6.45) is 2.26. The lowest BCUT2D eigenvalue weighted by atomic mass is 10.0. The average molecular weight is 370 g/mol. The number of rotatable bonds is 5. The first kappa shape index (κ1) is 17.1. The molecule has 3 aromatic rings. The van der Waals surface area contributed by atoms with E-state index >= 15 is 0 Å². The van der Waals surface area contributed by atoms with Crippen LogP contribution in [0.1, 0.15) is 30.3 Å². The van der Waals surface area contributed by atoms with Crippen LogP contribution in [0.3, 0.4) is 0 Å². The molecule has 0 bridgehead atoms. The van der Waals surface area contributed by atoms with Crippen LogP contribution in [0.4, 0.5) is 0 Å². The fourth-order valence-corrected chi connectivity index (χ4v) is 3.69. The number of methoxy groups -OCH3 is 1. The Labute approximate surface area is 157 Å². The molecule has 4 rings (SSSR count). The van der Waals surface area contributed by atoms with E-state index in [1.165, 1.54) is 5.56 Å². The van der Waals surface area contributed by atoms with E-state index in [0.717, 1.165) is 30.7 Å². The highest BCUT2D eigenvalue weighted by Crippen LogP contribution is 2.35. The molecule has 6 heteroatoms. The molecule has 0 saturated carbocycles. The van der Waals surface area contributed by atoms with Gasteiger partial charge in [-0.2, -0.15) is 0 Å². The van der Waals surface area contributed by atoms with E-state index in [-0.39, 0.29) is 0 Å². The number of hydrogen-bond acceptors (Lipinski definition) is 5. The van der Waals surface area contributed by atoms with E-state index in [2.05, 4.69) is 27.2 Å². The number of likely N-dealkylation sites (tertiary alicyclic amines) is 1. The SMILES string of the molecule is COc1cccc(C2CCCN2Cc2nnc(-c3ccccc3Cl)o2)c1. The van der Waals surface area contributed by atoms with Crippen molar-refractivity contribution in [3.63, 3.8) is 0 Å². The normalized spacial score (nSPS) is 17.5. The van der Waals surface area contributed by atoms with Crippen LogP contribution in [-0.2, 0) is 6.54 Å². The summed E-state index contributed by atoms with van der Waals surface area (Å²) in [6.45, 7) is 1.63. The molecule has 134 valence electrons. The Hall–Kier alpha value is -2.37. The Morgan fingerprint density at radius 3 is 2.92 bits per heavy atom. The zero-order valence-electron chi connectivity index (χ0n) is 14.6. The van der Waals surface area contributed by atoms with Crippen molar-refractivity contribution < 1.29 is 9.15 Å². The van der Waals surface area contributed by atoms with Crippen molar-refractivity contribution in [2.45, 2.75) is 25.4 Å². The second-order valence-electron chi connectivity index (χ2n) is 6.39. The lowest BCUT2D eigenvalue weighted by Gasteiger charge is -2.23. The Kier molecular flexibility index (Phi) is 4.91. The molecular weight excluding hydrogens is 350 g/mol. The first-order valence-corrected chi connectivity index (χ1v) is 9.07. The van der Waals surface area contributed by atoms with Crippen LogP contribution in [0.15, 0.2) is 52.9 Å².